The van der Waals surface area contributed by atoms with Crippen molar-refractivity contribution >= 4 is 5.96 Å². The molecule has 2 N–H and O–H groups in total. The summed E-state index contributed by atoms with van der Waals surface area (Å²) in [5, 5.41) is 6.62. The van der Waals surface area contributed by atoms with Gasteiger partial charge in [-0.25, -0.2) is 9.98 Å². The van der Waals surface area contributed by atoms with E-state index in [0.717, 1.165) is 37.0 Å². The molecule has 5 nitrogen and oxygen atoms in total. The van der Waals surface area contributed by atoms with E-state index in [0.29, 0.717) is 12.4 Å². The maximum Gasteiger partial charge on any atom is 0.212 e. The highest BCUT2D eigenvalue weighted by atomic mass is 16.5. The van der Waals surface area contributed by atoms with Gasteiger partial charge in [0.15, 0.2) is 5.96 Å². The number of methoxy groups -OCH3 is 1. The molecule has 1 heterocycles. The smallest absolute Gasteiger partial charge is 0.212 e. The van der Waals surface area contributed by atoms with Crippen molar-refractivity contribution in [2.24, 2.45) is 10.9 Å². The average molecular weight is 292 g/mol. The molecule has 0 bridgehead atoms. The van der Waals surface area contributed by atoms with Crippen molar-refractivity contribution in [3.8, 4) is 5.88 Å². The van der Waals surface area contributed by atoms with Crippen LogP contribution in [0.3, 0.4) is 0 Å². The van der Waals surface area contributed by atoms with Gasteiger partial charge in [-0.3, -0.25) is 0 Å². The third-order valence-corrected chi connectivity index (χ3v) is 3.02. The van der Waals surface area contributed by atoms with E-state index >= 15 is 0 Å². The fourth-order valence-corrected chi connectivity index (χ4v) is 1.85. The predicted molar refractivity (Wildman–Crippen MR) is 87.7 cm³/mol. The molecule has 0 atom stereocenters. The molecule has 0 fully saturated rings. The van der Waals surface area contributed by atoms with Crippen LogP contribution in [0.25, 0.3) is 0 Å². The van der Waals surface area contributed by atoms with E-state index < -0.39 is 0 Å². The van der Waals surface area contributed by atoms with Crippen LogP contribution in [0.15, 0.2) is 23.3 Å². The summed E-state index contributed by atoms with van der Waals surface area (Å²) < 4.78 is 5.05. The second kappa shape index (κ2) is 10.0. The Hall–Kier alpha value is -1.78. The van der Waals surface area contributed by atoms with Crippen molar-refractivity contribution in [2.45, 2.75) is 40.2 Å². The Labute approximate surface area is 128 Å². The van der Waals surface area contributed by atoms with E-state index in [1.54, 1.807) is 13.3 Å². The molecule has 0 spiro atoms. The maximum absolute atomic E-state index is 5.05. The summed E-state index contributed by atoms with van der Waals surface area (Å²) in [6, 6.07) is 3.84. The molecule has 0 aliphatic heterocycles. The first-order chi connectivity index (χ1) is 10.2. The van der Waals surface area contributed by atoms with Crippen LogP contribution in [-0.2, 0) is 6.54 Å². The zero-order valence-corrected chi connectivity index (χ0v) is 13.6. The van der Waals surface area contributed by atoms with Gasteiger partial charge >= 0.3 is 0 Å². The van der Waals surface area contributed by atoms with Crippen molar-refractivity contribution in [3.05, 3.63) is 23.9 Å². The second-order valence-electron chi connectivity index (χ2n) is 5.37. The number of rotatable bonds is 8. The van der Waals surface area contributed by atoms with Crippen LogP contribution in [-0.4, -0.2) is 31.1 Å². The largest absolute Gasteiger partial charge is 0.481 e. The lowest BCUT2D eigenvalue weighted by Gasteiger charge is -2.12. The topological polar surface area (TPSA) is 58.5 Å². The van der Waals surface area contributed by atoms with Gasteiger partial charge in [0.25, 0.3) is 0 Å². The molecule has 118 valence electrons. The minimum absolute atomic E-state index is 0.608. The fourth-order valence-electron chi connectivity index (χ4n) is 1.85. The number of aliphatic imine (C=N–C) groups is 1. The SMILES string of the molecule is CCNC(=NCc1ccc(OC)nc1)NCCCC(C)C. The number of hydrogen-bond donors (Lipinski definition) is 2. The third-order valence-electron chi connectivity index (χ3n) is 3.02. The number of nitrogens with one attached hydrogen (secondary N) is 2. The summed E-state index contributed by atoms with van der Waals surface area (Å²) in [7, 11) is 1.62. The van der Waals surface area contributed by atoms with E-state index in [1.807, 2.05) is 12.1 Å². The Morgan fingerprint density at radius 1 is 1.33 bits per heavy atom. The van der Waals surface area contributed by atoms with Gasteiger partial charge in [0.05, 0.1) is 13.7 Å². The van der Waals surface area contributed by atoms with Crippen LogP contribution in [0.1, 0.15) is 39.2 Å². The minimum Gasteiger partial charge on any atom is -0.481 e. The number of pyridine rings is 1. The molecule has 0 amide bonds. The van der Waals surface area contributed by atoms with Gasteiger partial charge in [-0.2, -0.15) is 0 Å². The zero-order chi connectivity index (χ0) is 15.5. The first kappa shape index (κ1) is 17.3. The van der Waals surface area contributed by atoms with Gasteiger partial charge in [0.2, 0.25) is 5.88 Å². The molecule has 0 radical (unpaired) electrons. The normalized spacial score (nSPS) is 11.6. The van der Waals surface area contributed by atoms with Gasteiger partial charge in [-0.05, 0) is 31.2 Å². The second-order valence-corrected chi connectivity index (χ2v) is 5.37. The quantitative estimate of drug-likeness (QED) is 0.439. The van der Waals surface area contributed by atoms with Crippen LogP contribution in [0.2, 0.25) is 0 Å². The monoisotopic (exact) mass is 292 g/mol. The number of nitrogens with zero attached hydrogens (tertiary/aromatic N) is 2. The van der Waals surface area contributed by atoms with Gasteiger partial charge in [-0.15, -0.1) is 0 Å². The van der Waals surface area contributed by atoms with E-state index in [4.69, 9.17) is 4.74 Å². The highest BCUT2D eigenvalue weighted by Gasteiger charge is 1.99. The lowest BCUT2D eigenvalue weighted by Crippen LogP contribution is -2.37. The van der Waals surface area contributed by atoms with Crippen molar-refractivity contribution in [3.63, 3.8) is 0 Å². The Morgan fingerprint density at radius 3 is 2.71 bits per heavy atom. The van der Waals surface area contributed by atoms with E-state index in [-0.39, 0.29) is 0 Å². The van der Waals surface area contributed by atoms with E-state index in [2.05, 4.69) is 41.4 Å². The molecule has 0 saturated carbocycles. The predicted octanol–water partition coefficient (Wildman–Crippen LogP) is 2.58. The summed E-state index contributed by atoms with van der Waals surface area (Å²) in [6.45, 7) is 8.98. The highest BCUT2D eigenvalue weighted by molar-refractivity contribution is 5.79. The Bertz CT molecular complexity index is 415. The molecule has 1 aromatic rings. The minimum atomic E-state index is 0.608. The van der Waals surface area contributed by atoms with Crippen LogP contribution in [0.5, 0.6) is 5.88 Å². The van der Waals surface area contributed by atoms with Crippen LogP contribution in [0.4, 0.5) is 0 Å². The first-order valence-electron chi connectivity index (χ1n) is 7.66. The molecule has 0 aliphatic carbocycles. The number of guanidine groups is 1. The van der Waals surface area contributed by atoms with Crippen molar-refractivity contribution in [1.29, 1.82) is 0 Å². The van der Waals surface area contributed by atoms with Crippen LogP contribution >= 0.6 is 0 Å². The fraction of sp³-hybridized carbons (Fsp3) is 0.625. The van der Waals surface area contributed by atoms with Crippen LogP contribution in [0, 0.1) is 5.92 Å². The van der Waals surface area contributed by atoms with Crippen LogP contribution < -0.4 is 15.4 Å². The number of ether oxygens (including phenoxy) is 1. The molecule has 1 rings (SSSR count). The number of hydrogen-bond acceptors (Lipinski definition) is 3. The van der Waals surface area contributed by atoms with E-state index in [9.17, 15) is 0 Å². The molecule has 0 aliphatic rings. The zero-order valence-electron chi connectivity index (χ0n) is 13.6. The van der Waals surface area contributed by atoms with Crippen molar-refractivity contribution in [2.75, 3.05) is 20.2 Å². The van der Waals surface area contributed by atoms with Gasteiger partial charge in [0, 0.05) is 25.4 Å². The standard InChI is InChI=1S/C16H28N4O/c1-5-17-16(18-10-6-7-13(2)3)20-12-14-8-9-15(21-4)19-11-14/h8-9,11,13H,5-7,10,12H2,1-4H3,(H2,17,18,20). The highest BCUT2D eigenvalue weighted by Crippen LogP contribution is 2.07. The number of aromatic nitrogens is 1. The molecule has 21 heavy (non-hydrogen) atoms. The summed E-state index contributed by atoms with van der Waals surface area (Å²) in [6.07, 6.45) is 4.19. The average Bonchev–Trinajstić information content (AvgIpc) is 2.49. The third kappa shape index (κ3) is 7.54. The molecular formula is C16H28N4O. The van der Waals surface area contributed by atoms with E-state index in [1.165, 1.54) is 6.42 Å². The summed E-state index contributed by atoms with van der Waals surface area (Å²) in [5.74, 6) is 2.23. The summed E-state index contributed by atoms with van der Waals surface area (Å²) in [4.78, 5) is 8.75. The summed E-state index contributed by atoms with van der Waals surface area (Å²) >= 11 is 0. The van der Waals surface area contributed by atoms with Gasteiger partial charge in [0.1, 0.15) is 0 Å². The van der Waals surface area contributed by atoms with Crippen molar-refractivity contribution in [1.82, 2.24) is 15.6 Å². The first-order valence-corrected chi connectivity index (χ1v) is 7.66. The molecular weight excluding hydrogens is 264 g/mol. The van der Waals surface area contributed by atoms with Gasteiger partial charge in [-0.1, -0.05) is 19.9 Å². The molecule has 0 aromatic carbocycles. The molecule has 0 unspecified atom stereocenters. The van der Waals surface area contributed by atoms with Gasteiger partial charge < -0.3 is 15.4 Å². The Balaban J connectivity index is 2.45. The maximum atomic E-state index is 5.05. The lowest BCUT2D eigenvalue weighted by molar-refractivity contribution is 0.397. The Morgan fingerprint density at radius 2 is 2.14 bits per heavy atom. The molecule has 0 saturated heterocycles. The Kier molecular flexibility index (Phi) is 8.24. The summed E-state index contributed by atoms with van der Waals surface area (Å²) in [5.41, 5.74) is 1.06. The van der Waals surface area contributed by atoms with Crippen molar-refractivity contribution < 1.29 is 4.74 Å². The molecule has 1 aromatic heterocycles. The lowest BCUT2D eigenvalue weighted by atomic mass is 10.1. The molecule has 5 heteroatoms.